The van der Waals surface area contributed by atoms with Gasteiger partial charge in [0.1, 0.15) is 12.1 Å². The fourth-order valence-corrected chi connectivity index (χ4v) is 3.88. The van der Waals surface area contributed by atoms with Crippen LogP contribution in [0.5, 0.6) is 0 Å². The van der Waals surface area contributed by atoms with Crippen LogP contribution in [0, 0.1) is 17.8 Å². The molecule has 2 saturated carbocycles. The zero-order valence-corrected chi connectivity index (χ0v) is 13.1. The lowest BCUT2D eigenvalue weighted by molar-refractivity contribution is -0.152. The highest BCUT2D eigenvalue weighted by molar-refractivity contribution is 6.33. The Morgan fingerprint density at radius 3 is 2.77 bits per heavy atom. The molecule has 0 amide bonds. The average molecular weight is 344 g/mol. The standard InChI is InChI=1S/C15H15Cl2NO4/c16-8-1-2-10(17)7(5-8)6-22-14(21)15(18)4-3-9-11(12(9)15)13(19)20/h1-2,5,9,11-12H,3-4,6,18H2,(H,19,20)/t9-,11-,12-,15-/m0/s1. The fourth-order valence-electron chi connectivity index (χ4n) is 3.51. The lowest BCUT2D eigenvalue weighted by Crippen LogP contribution is -2.50. The maximum absolute atomic E-state index is 12.3. The van der Waals surface area contributed by atoms with Crippen molar-refractivity contribution in [3.8, 4) is 0 Å². The average Bonchev–Trinajstić information content (AvgIpc) is 3.12. The smallest absolute Gasteiger partial charge is 0.326 e. The maximum atomic E-state index is 12.3. The molecule has 0 saturated heterocycles. The molecule has 4 atom stereocenters. The van der Waals surface area contributed by atoms with Crippen molar-refractivity contribution in [1.82, 2.24) is 0 Å². The van der Waals surface area contributed by atoms with E-state index in [1.54, 1.807) is 18.2 Å². The van der Waals surface area contributed by atoms with Gasteiger partial charge in [-0.25, -0.2) is 0 Å². The van der Waals surface area contributed by atoms with Gasteiger partial charge in [0.2, 0.25) is 0 Å². The van der Waals surface area contributed by atoms with E-state index in [1.807, 2.05) is 0 Å². The number of benzene rings is 1. The van der Waals surface area contributed by atoms with E-state index in [0.29, 0.717) is 28.5 Å². The number of hydrogen-bond donors (Lipinski definition) is 2. The monoisotopic (exact) mass is 343 g/mol. The Morgan fingerprint density at radius 2 is 2.14 bits per heavy atom. The first-order chi connectivity index (χ1) is 10.3. The van der Waals surface area contributed by atoms with Crippen LogP contribution in [0.1, 0.15) is 18.4 Å². The van der Waals surface area contributed by atoms with E-state index >= 15 is 0 Å². The van der Waals surface area contributed by atoms with Crippen LogP contribution in [0.3, 0.4) is 0 Å². The number of halogens is 2. The molecule has 0 unspecified atom stereocenters. The van der Waals surface area contributed by atoms with Crippen molar-refractivity contribution in [1.29, 1.82) is 0 Å². The van der Waals surface area contributed by atoms with Crippen molar-refractivity contribution < 1.29 is 19.4 Å². The minimum Gasteiger partial charge on any atom is -0.481 e. The zero-order valence-electron chi connectivity index (χ0n) is 11.6. The van der Waals surface area contributed by atoms with E-state index in [1.165, 1.54) is 0 Å². The number of carboxylic acid groups (broad SMARTS) is 1. The summed E-state index contributed by atoms with van der Waals surface area (Å²) in [7, 11) is 0. The third-order valence-corrected chi connectivity index (χ3v) is 5.29. The van der Waals surface area contributed by atoms with Gasteiger partial charge in [-0.15, -0.1) is 0 Å². The van der Waals surface area contributed by atoms with Gasteiger partial charge in [-0.05, 0) is 37.0 Å². The Bertz CT molecular complexity index is 650. The first-order valence-electron chi connectivity index (χ1n) is 6.97. The molecule has 2 aliphatic carbocycles. The van der Waals surface area contributed by atoms with Crippen LogP contribution in [-0.4, -0.2) is 22.6 Å². The first kappa shape index (κ1) is 15.6. The van der Waals surface area contributed by atoms with E-state index in [4.69, 9.17) is 38.8 Å². The molecular formula is C15H15Cl2NO4. The minimum absolute atomic E-state index is 0.00944. The van der Waals surface area contributed by atoms with Crippen LogP contribution in [0.25, 0.3) is 0 Å². The number of rotatable bonds is 4. The Labute approximate surface area is 137 Å². The van der Waals surface area contributed by atoms with Crippen molar-refractivity contribution >= 4 is 35.1 Å². The zero-order chi connectivity index (χ0) is 16.1. The van der Waals surface area contributed by atoms with Crippen molar-refractivity contribution in [2.45, 2.75) is 25.0 Å². The van der Waals surface area contributed by atoms with Crippen LogP contribution in [0.15, 0.2) is 18.2 Å². The molecule has 2 aliphatic rings. The molecule has 22 heavy (non-hydrogen) atoms. The molecular weight excluding hydrogens is 329 g/mol. The summed E-state index contributed by atoms with van der Waals surface area (Å²) < 4.78 is 5.28. The van der Waals surface area contributed by atoms with Gasteiger partial charge in [0.05, 0.1) is 5.92 Å². The minimum atomic E-state index is -1.21. The lowest BCUT2D eigenvalue weighted by Gasteiger charge is -2.24. The number of aliphatic carboxylic acids is 1. The highest BCUT2D eigenvalue weighted by atomic mass is 35.5. The molecule has 0 aliphatic heterocycles. The number of carbonyl (C=O) groups is 2. The predicted octanol–water partition coefficient (Wildman–Crippen LogP) is 2.47. The number of carboxylic acids is 1. The molecule has 3 rings (SSSR count). The Kier molecular flexibility index (Phi) is 3.83. The number of carbonyl (C=O) groups excluding carboxylic acids is 1. The molecule has 0 spiro atoms. The summed E-state index contributed by atoms with van der Waals surface area (Å²) in [5.74, 6) is -2.33. The predicted molar refractivity (Wildman–Crippen MR) is 80.5 cm³/mol. The van der Waals surface area contributed by atoms with Gasteiger partial charge in [0.25, 0.3) is 0 Å². The van der Waals surface area contributed by atoms with Crippen LogP contribution in [0.2, 0.25) is 10.0 Å². The highest BCUT2D eigenvalue weighted by Gasteiger charge is 2.70. The summed E-state index contributed by atoms with van der Waals surface area (Å²) in [6.07, 6.45) is 1.10. The van der Waals surface area contributed by atoms with Crippen LogP contribution in [0.4, 0.5) is 0 Å². The second kappa shape index (κ2) is 5.41. The number of hydrogen-bond acceptors (Lipinski definition) is 4. The van der Waals surface area contributed by atoms with Gasteiger partial charge in [-0.3, -0.25) is 9.59 Å². The second-order valence-electron chi connectivity index (χ2n) is 5.94. The van der Waals surface area contributed by atoms with Crippen molar-refractivity contribution in [2.75, 3.05) is 0 Å². The van der Waals surface area contributed by atoms with Gasteiger partial charge < -0.3 is 15.6 Å². The summed E-state index contributed by atoms with van der Waals surface area (Å²) >= 11 is 11.9. The summed E-state index contributed by atoms with van der Waals surface area (Å²) in [6, 6.07) is 4.88. The molecule has 0 radical (unpaired) electrons. The molecule has 5 nitrogen and oxygen atoms in total. The van der Waals surface area contributed by atoms with E-state index in [0.717, 1.165) is 0 Å². The van der Waals surface area contributed by atoms with Gasteiger partial charge >= 0.3 is 11.9 Å². The van der Waals surface area contributed by atoms with Crippen LogP contribution >= 0.6 is 23.2 Å². The molecule has 1 aromatic rings. The topological polar surface area (TPSA) is 89.6 Å². The molecule has 7 heteroatoms. The molecule has 1 aromatic carbocycles. The van der Waals surface area contributed by atoms with Crippen molar-refractivity contribution in [3.05, 3.63) is 33.8 Å². The third-order valence-electron chi connectivity index (χ3n) is 4.69. The van der Waals surface area contributed by atoms with Gasteiger partial charge in [-0.2, -0.15) is 0 Å². The number of fused-ring (bicyclic) bond motifs is 1. The van der Waals surface area contributed by atoms with E-state index < -0.39 is 23.4 Å². The molecule has 0 aromatic heterocycles. The summed E-state index contributed by atoms with van der Waals surface area (Å²) in [5, 5.41) is 10.0. The van der Waals surface area contributed by atoms with Crippen LogP contribution in [-0.2, 0) is 20.9 Å². The highest BCUT2D eigenvalue weighted by Crippen LogP contribution is 2.61. The summed E-state index contributed by atoms with van der Waals surface area (Å²) in [5.41, 5.74) is 5.53. The maximum Gasteiger partial charge on any atom is 0.326 e. The Morgan fingerprint density at radius 1 is 1.41 bits per heavy atom. The van der Waals surface area contributed by atoms with Gasteiger partial charge in [-0.1, -0.05) is 23.2 Å². The number of ether oxygens (including phenoxy) is 1. The summed E-state index contributed by atoms with van der Waals surface area (Å²) in [6.45, 7) is -0.0354. The molecule has 3 N–H and O–H groups in total. The van der Waals surface area contributed by atoms with E-state index in [9.17, 15) is 9.59 Å². The quantitative estimate of drug-likeness (QED) is 0.819. The van der Waals surface area contributed by atoms with E-state index in [-0.39, 0.29) is 18.4 Å². The summed E-state index contributed by atoms with van der Waals surface area (Å²) in [4.78, 5) is 23.4. The molecule has 2 fully saturated rings. The second-order valence-corrected chi connectivity index (χ2v) is 6.79. The van der Waals surface area contributed by atoms with Gasteiger partial charge in [0, 0.05) is 21.5 Å². The number of nitrogens with two attached hydrogens (primary N) is 1. The largest absolute Gasteiger partial charge is 0.481 e. The molecule has 0 bridgehead atoms. The Balaban J connectivity index is 1.67. The fraction of sp³-hybridized carbons (Fsp3) is 0.467. The van der Waals surface area contributed by atoms with E-state index in [2.05, 4.69) is 0 Å². The first-order valence-corrected chi connectivity index (χ1v) is 7.73. The van der Waals surface area contributed by atoms with Crippen LogP contribution < -0.4 is 5.73 Å². The van der Waals surface area contributed by atoms with Gasteiger partial charge in [0.15, 0.2) is 0 Å². The third kappa shape index (κ3) is 2.47. The SMILES string of the molecule is N[C@@]1(C(=O)OCc2cc(Cl)ccc2Cl)CC[C@H]2[C@H](C(=O)O)[C@H]21. The lowest BCUT2D eigenvalue weighted by atomic mass is 9.91. The van der Waals surface area contributed by atoms with Crippen molar-refractivity contribution in [2.24, 2.45) is 23.5 Å². The Hall–Kier alpha value is -1.30. The number of esters is 1. The normalized spacial score (nSPS) is 32.4. The molecule has 118 valence electrons. The molecule has 0 heterocycles. The van der Waals surface area contributed by atoms with Crippen molar-refractivity contribution in [3.63, 3.8) is 0 Å².